The number of hydrogen-bond donors (Lipinski definition) is 2. The van der Waals surface area contributed by atoms with Crippen molar-refractivity contribution in [2.24, 2.45) is 11.8 Å². The Labute approximate surface area is 183 Å². The Kier molecular flexibility index (Phi) is 6.67. The Morgan fingerprint density at radius 3 is 2.19 bits per heavy atom. The molecule has 2 amide bonds. The van der Waals surface area contributed by atoms with Crippen LogP contribution in [0.5, 0.6) is 0 Å². The van der Waals surface area contributed by atoms with Crippen LogP contribution >= 0.6 is 0 Å². The van der Waals surface area contributed by atoms with E-state index in [9.17, 15) is 14.8 Å². The summed E-state index contributed by atoms with van der Waals surface area (Å²) in [4.78, 5) is 29.9. The largest absolute Gasteiger partial charge is 0.368 e. The summed E-state index contributed by atoms with van der Waals surface area (Å²) in [6.07, 6.45) is 3.98. The summed E-state index contributed by atoms with van der Waals surface area (Å²) in [5.74, 6) is -1.39. The predicted octanol–water partition coefficient (Wildman–Crippen LogP) is 3.34. The van der Waals surface area contributed by atoms with Gasteiger partial charge in [-0.2, -0.15) is 0 Å². The molecule has 2 aromatic rings. The van der Waals surface area contributed by atoms with E-state index in [0.717, 1.165) is 30.6 Å². The van der Waals surface area contributed by atoms with Crippen LogP contribution in [0.2, 0.25) is 0 Å². The third-order valence-corrected chi connectivity index (χ3v) is 6.39. The molecule has 1 aliphatic heterocycles. The van der Waals surface area contributed by atoms with Gasteiger partial charge >= 0.3 is 0 Å². The summed E-state index contributed by atoms with van der Waals surface area (Å²) in [6.45, 7) is 2.84. The number of piperazine rings is 1. The average Bonchev–Trinajstić information content (AvgIpc) is 2.84. The molecular formula is C25H29N3O3. The molecule has 0 bridgehead atoms. The molecule has 2 N–H and O–H groups in total. The average molecular weight is 420 g/mol. The molecule has 0 aromatic heterocycles. The van der Waals surface area contributed by atoms with Crippen LogP contribution in [0.25, 0.3) is 6.08 Å². The summed E-state index contributed by atoms with van der Waals surface area (Å²) in [6, 6.07) is 20.2. The van der Waals surface area contributed by atoms with E-state index in [4.69, 9.17) is 0 Å². The third kappa shape index (κ3) is 4.97. The van der Waals surface area contributed by atoms with Crippen LogP contribution in [-0.2, 0) is 9.59 Å². The van der Waals surface area contributed by atoms with Gasteiger partial charge in [-0.05, 0) is 37.0 Å². The van der Waals surface area contributed by atoms with E-state index in [1.807, 2.05) is 53.4 Å². The summed E-state index contributed by atoms with van der Waals surface area (Å²) in [7, 11) is 0. The Morgan fingerprint density at radius 2 is 1.55 bits per heavy atom. The Bertz CT molecular complexity index is 922. The number of hydrogen-bond acceptors (Lipinski definition) is 4. The molecule has 1 saturated carbocycles. The highest BCUT2D eigenvalue weighted by molar-refractivity contribution is 5.88. The van der Waals surface area contributed by atoms with Crippen LogP contribution in [-0.4, -0.2) is 48.1 Å². The fourth-order valence-corrected chi connectivity index (χ4v) is 4.70. The molecule has 2 fully saturated rings. The van der Waals surface area contributed by atoms with E-state index in [2.05, 4.69) is 23.1 Å². The first-order valence-electron chi connectivity index (χ1n) is 10.9. The number of hydroxylamine groups is 1. The van der Waals surface area contributed by atoms with Gasteiger partial charge in [-0.1, -0.05) is 60.2 Å². The standard InChI is InChI=1S/C25H29N3O3/c29-24(26-31)23-18-20(17-19-7-3-1-4-8-19)11-12-22(23)25(30)28-15-13-27(14-16-28)21-9-5-2-6-10-21/h1-10,17,22-23,31H,11-16,18H2,(H,26,29). The Hall–Kier alpha value is -3.12. The maximum absolute atomic E-state index is 13.3. The van der Waals surface area contributed by atoms with Crippen LogP contribution in [0.3, 0.4) is 0 Å². The lowest BCUT2D eigenvalue weighted by Crippen LogP contribution is -2.52. The topological polar surface area (TPSA) is 72.9 Å². The van der Waals surface area contributed by atoms with E-state index in [1.54, 1.807) is 5.48 Å². The second-order valence-corrected chi connectivity index (χ2v) is 8.29. The lowest BCUT2D eigenvalue weighted by molar-refractivity contribution is -0.146. The highest BCUT2D eigenvalue weighted by Gasteiger charge is 2.39. The van der Waals surface area contributed by atoms with Gasteiger partial charge in [-0.3, -0.25) is 14.8 Å². The van der Waals surface area contributed by atoms with E-state index in [0.29, 0.717) is 25.9 Å². The zero-order valence-corrected chi connectivity index (χ0v) is 17.6. The first kappa shape index (κ1) is 21.1. The number of nitrogens with zero attached hydrogens (tertiary/aromatic N) is 2. The van der Waals surface area contributed by atoms with Gasteiger partial charge in [0.15, 0.2) is 0 Å². The van der Waals surface area contributed by atoms with Crippen LogP contribution in [0.15, 0.2) is 66.2 Å². The molecular weight excluding hydrogens is 390 g/mol. The quantitative estimate of drug-likeness (QED) is 0.589. The molecule has 31 heavy (non-hydrogen) atoms. The van der Waals surface area contributed by atoms with Crippen LogP contribution in [0, 0.1) is 11.8 Å². The monoisotopic (exact) mass is 419 g/mol. The maximum atomic E-state index is 13.3. The molecule has 1 aliphatic carbocycles. The minimum atomic E-state index is -0.548. The molecule has 1 heterocycles. The highest BCUT2D eigenvalue weighted by atomic mass is 16.5. The van der Waals surface area contributed by atoms with Crippen molar-refractivity contribution in [2.45, 2.75) is 19.3 Å². The fourth-order valence-electron chi connectivity index (χ4n) is 4.70. The van der Waals surface area contributed by atoms with Crippen molar-refractivity contribution < 1.29 is 14.8 Å². The Morgan fingerprint density at radius 1 is 0.903 bits per heavy atom. The molecule has 2 aliphatic rings. The van der Waals surface area contributed by atoms with E-state index in [1.165, 1.54) is 5.69 Å². The summed E-state index contributed by atoms with van der Waals surface area (Å²) in [5.41, 5.74) is 5.18. The molecule has 162 valence electrons. The van der Waals surface area contributed by atoms with Gasteiger partial charge in [0.2, 0.25) is 11.8 Å². The van der Waals surface area contributed by atoms with Crippen LogP contribution < -0.4 is 10.4 Å². The number of benzene rings is 2. The molecule has 0 radical (unpaired) electrons. The van der Waals surface area contributed by atoms with Crippen LogP contribution in [0.4, 0.5) is 5.69 Å². The molecule has 4 rings (SSSR count). The molecule has 0 spiro atoms. The normalized spacial score (nSPS) is 22.9. The fraction of sp³-hybridized carbons (Fsp3) is 0.360. The maximum Gasteiger partial charge on any atom is 0.247 e. The zero-order chi connectivity index (χ0) is 21.6. The second-order valence-electron chi connectivity index (χ2n) is 8.29. The number of carbonyl (C=O) groups is 2. The number of rotatable bonds is 4. The second kappa shape index (κ2) is 9.79. The van der Waals surface area contributed by atoms with Crippen molar-refractivity contribution in [1.82, 2.24) is 10.4 Å². The van der Waals surface area contributed by atoms with Crippen molar-refractivity contribution in [1.29, 1.82) is 0 Å². The van der Waals surface area contributed by atoms with E-state index < -0.39 is 17.7 Å². The van der Waals surface area contributed by atoms with Gasteiger partial charge in [-0.25, -0.2) is 5.48 Å². The summed E-state index contributed by atoms with van der Waals surface area (Å²) >= 11 is 0. The number of para-hydroxylation sites is 1. The van der Waals surface area contributed by atoms with Gasteiger partial charge in [-0.15, -0.1) is 0 Å². The lowest BCUT2D eigenvalue weighted by Gasteiger charge is -2.40. The van der Waals surface area contributed by atoms with Crippen molar-refractivity contribution in [3.05, 3.63) is 71.8 Å². The number of carbonyl (C=O) groups excluding carboxylic acids is 2. The number of allylic oxidation sites excluding steroid dienone is 1. The van der Waals surface area contributed by atoms with Gasteiger partial charge in [0.05, 0.1) is 11.8 Å². The molecule has 1 saturated heterocycles. The predicted molar refractivity (Wildman–Crippen MR) is 120 cm³/mol. The molecule has 2 unspecified atom stereocenters. The number of nitrogens with one attached hydrogen (secondary N) is 1. The van der Waals surface area contributed by atoms with Gasteiger partial charge < -0.3 is 9.80 Å². The van der Waals surface area contributed by atoms with Gasteiger partial charge in [0, 0.05) is 31.9 Å². The zero-order valence-electron chi connectivity index (χ0n) is 17.6. The highest BCUT2D eigenvalue weighted by Crippen LogP contribution is 2.36. The van der Waals surface area contributed by atoms with Crippen molar-refractivity contribution in [3.8, 4) is 0 Å². The number of anilines is 1. The smallest absolute Gasteiger partial charge is 0.247 e. The van der Waals surface area contributed by atoms with Gasteiger partial charge in [0.25, 0.3) is 0 Å². The first-order valence-corrected chi connectivity index (χ1v) is 10.9. The number of amides is 2. The molecule has 6 heteroatoms. The third-order valence-electron chi connectivity index (χ3n) is 6.39. The SMILES string of the molecule is O=C(NO)C1CC(=Cc2ccccc2)CCC1C(=O)N1CCN(c2ccccc2)CC1. The van der Waals surface area contributed by atoms with Crippen LogP contribution in [0.1, 0.15) is 24.8 Å². The van der Waals surface area contributed by atoms with Crippen molar-refractivity contribution in [3.63, 3.8) is 0 Å². The summed E-state index contributed by atoms with van der Waals surface area (Å²) < 4.78 is 0. The summed E-state index contributed by atoms with van der Waals surface area (Å²) in [5, 5.41) is 9.28. The minimum absolute atomic E-state index is 0.0278. The molecule has 2 atom stereocenters. The van der Waals surface area contributed by atoms with Gasteiger partial charge in [0.1, 0.15) is 0 Å². The lowest BCUT2D eigenvalue weighted by atomic mass is 9.75. The first-order chi connectivity index (χ1) is 15.2. The minimum Gasteiger partial charge on any atom is -0.368 e. The molecule has 2 aromatic carbocycles. The van der Waals surface area contributed by atoms with E-state index in [-0.39, 0.29) is 5.91 Å². The van der Waals surface area contributed by atoms with Crippen molar-refractivity contribution >= 4 is 23.6 Å². The Balaban J connectivity index is 1.42. The molecule has 6 nitrogen and oxygen atoms in total. The van der Waals surface area contributed by atoms with Crippen molar-refractivity contribution in [2.75, 3.05) is 31.1 Å². The van der Waals surface area contributed by atoms with E-state index >= 15 is 0 Å².